The van der Waals surface area contributed by atoms with E-state index in [2.05, 4.69) is 15.4 Å². The maximum atomic E-state index is 11.2. The third-order valence-corrected chi connectivity index (χ3v) is 2.48. The molecule has 0 radical (unpaired) electrons. The van der Waals surface area contributed by atoms with Crippen LogP contribution < -0.4 is 11.0 Å². The van der Waals surface area contributed by atoms with Gasteiger partial charge in [0.2, 0.25) is 0 Å². The molecular formula is C12H10N4O. The number of nitrogens with one attached hydrogen (secondary N) is 2. The van der Waals surface area contributed by atoms with Crippen LogP contribution in [-0.4, -0.2) is 14.6 Å². The van der Waals surface area contributed by atoms with Crippen molar-refractivity contribution < 1.29 is 0 Å². The van der Waals surface area contributed by atoms with Crippen LogP contribution in [-0.2, 0) is 0 Å². The number of aromatic nitrogens is 3. The standard InChI is InChI=1S/C12H10N4O/c17-12-13-8-10-6-7-11(16(10)15-12)14-9-4-2-1-3-5-9/h1-8,14H,(H,15,17). The molecule has 17 heavy (non-hydrogen) atoms. The van der Waals surface area contributed by atoms with Crippen LogP contribution in [0.1, 0.15) is 0 Å². The van der Waals surface area contributed by atoms with Gasteiger partial charge in [-0.15, -0.1) is 0 Å². The number of anilines is 2. The molecule has 0 atom stereocenters. The van der Waals surface area contributed by atoms with Gasteiger partial charge in [0, 0.05) is 5.69 Å². The summed E-state index contributed by atoms with van der Waals surface area (Å²) in [4.78, 5) is 14.8. The molecular weight excluding hydrogens is 216 g/mol. The van der Waals surface area contributed by atoms with Gasteiger partial charge < -0.3 is 5.32 Å². The molecule has 0 aliphatic carbocycles. The Morgan fingerprint density at radius 2 is 1.94 bits per heavy atom. The zero-order valence-corrected chi connectivity index (χ0v) is 8.92. The first-order valence-electron chi connectivity index (χ1n) is 5.22. The first-order valence-corrected chi connectivity index (χ1v) is 5.22. The van der Waals surface area contributed by atoms with Crippen molar-refractivity contribution >= 4 is 17.0 Å². The van der Waals surface area contributed by atoms with Crippen LogP contribution in [0.3, 0.4) is 0 Å². The molecule has 5 heteroatoms. The van der Waals surface area contributed by atoms with E-state index in [1.807, 2.05) is 42.5 Å². The van der Waals surface area contributed by atoms with Crippen LogP contribution in [0.15, 0.2) is 53.5 Å². The van der Waals surface area contributed by atoms with Gasteiger partial charge >= 0.3 is 5.69 Å². The minimum Gasteiger partial charge on any atom is -0.340 e. The molecule has 84 valence electrons. The Balaban J connectivity index is 2.06. The van der Waals surface area contributed by atoms with Crippen molar-refractivity contribution in [2.45, 2.75) is 0 Å². The van der Waals surface area contributed by atoms with E-state index < -0.39 is 0 Å². The number of rotatable bonds is 2. The molecule has 5 nitrogen and oxygen atoms in total. The molecule has 0 spiro atoms. The Labute approximate surface area is 96.7 Å². The first kappa shape index (κ1) is 9.65. The highest BCUT2D eigenvalue weighted by Gasteiger charge is 2.02. The molecule has 2 aromatic heterocycles. The zero-order valence-electron chi connectivity index (χ0n) is 8.92. The van der Waals surface area contributed by atoms with Crippen LogP contribution in [0.4, 0.5) is 11.5 Å². The summed E-state index contributed by atoms with van der Waals surface area (Å²) in [6.45, 7) is 0. The van der Waals surface area contributed by atoms with Crippen molar-refractivity contribution in [2.75, 3.05) is 5.32 Å². The number of nitrogens with zero attached hydrogens (tertiary/aromatic N) is 2. The minimum absolute atomic E-state index is 0.371. The van der Waals surface area contributed by atoms with E-state index in [0.717, 1.165) is 17.0 Å². The third-order valence-electron chi connectivity index (χ3n) is 2.48. The number of aromatic amines is 1. The summed E-state index contributed by atoms with van der Waals surface area (Å²) in [6.07, 6.45) is 1.54. The van der Waals surface area contributed by atoms with E-state index in [-0.39, 0.29) is 5.69 Å². The highest BCUT2D eigenvalue weighted by atomic mass is 16.1. The average Bonchev–Trinajstić information content (AvgIpc) is 2.73. The van der Waals surface area contributed by atoms with Crippen LogP contribution in [0.25, 0.3) is 5.52 Å². The number of para-hydroxylation sites is 1. The lowest BCUT2D eigenvalue weighted by molar-refractivity contribution is 0.866. The number of H-pyrrole nitrogens is 1. The van der Waals surface area contributed by atoms with Crippen LogP contribution in [0.2, 0.25) is 0 Å². The minimum atomic E-state index is -0.371. The van der Waals surface area contributed by atoms with Gasteiger partial charge in [-0.25, -0.2) is 14.4 Å². The fourth-order valence-electron chi connectivity index (χ4n) is 1.69. The highest BCUT2D eigenvalue weighted by molar-refractivity contribution is 5.62. The molecule has 2 heterocycles. The Bertz CT molecular complexity index is 699. The van der Waals surface area contributed by atoms with Gasteiger partial charge in [0.1, 0.15) is 5.82 Å². The summed E-state index contributed by atoms with van der Waals surface area (Å²) in [6, 6.07) is 13.5. The molecule has 0 aliphatic rings. The van der Waals surface area contributed by atoms with Crippen LogP contribution in [0.5, 0.6) is 0 Å². The molecule has 0 bridgehead atoms. The van der Waals surface area contributed by atoms with E-state index in [4.69, 9.17) is 0 Å². The number of fused-ring (bicyclic) bond motifs is 1. The van der Waals surface area contributed by atoms with Crippen molar-refractivity contribution in [3.8, 4) is 0 Å². The lowest BCUT2D eigenvalue weighted by atomic mass is 10.3. The van der Waals surface area contributed by atoms with Crippen LogP contribution in [0, 0.1) is 0 Å². The SMILES string of the molecule is O=c1ncc2ccc(Nc3ccccc3)n2[nH]1. The number of hydrogen-bond acceptors (Lipinski definition) is 3. The van der Waals surface area contributed by atoms with E-state index in [1.54, 1.807) is 4.52 Å². The summed E-state index contributed by atoms with van der Waals surface area (Å²) >= 11 is 0. The quantitative estimate of drug-likeness (QED) is 0.700. The first-order chi connectivity index (χ1) is 8.33. The summed E-state index contributed by atoms with van der Waals surface area (Å²) in [7, 11) is 0. The molecule has 0 fully saturated rings. The predicted octanol–water partition coefficient (Wildman–Crippen LogP) is 1.77. The zero-order chi connectivity index (χ0) is 11.7. The van der Waals surface area contributed by atoms with E-state index in [0.29, 0.717) is 0 Å². The maximum absolute atomic E-state index is 11.2. The van der Waals surface area contributed by atoms with Gasteiger partial charge in [0.15, 0.2) is 0 Å². The van der Waals surface area contributed by atoms with Gasteiger partial charge in [-0.1, -0.05) is 18.2 Å². The van der Waals surface area contributed by atoms with Crippen molar-refractivity contribution in [1.82, 2.24) is 14.6 Å². The van der Waals surface area contributed by atoms with Gasteiger partial charge in [0.05, 0.1) is 11.7 Å². The lowest BCUT2D eigenvalue weighted by Crippen LogP contribution is -2.14. The second kappa shape index (κ2) is 3.79. The molecule has 0 amide bonds. The summed E-state index contributed by atoms with van der Waals surface area (Å²) in [5.74, 6) is 0.797. The smallest absolute Gasteiger partial charge is 0.340 e. The van der Waals surface area contributed by atoms with Crippen molar-refractivity contribution in [3.63, 3.8) is 0 Å². The van der Waals surface area contributed by atoms with Gasteiger partial charge in [-0.3, -0.25) is 0 Å². The molecule has 1 aromatic carbocycles. The summed E-state index contributed by atoms with van der Waals surface area (Å²) in [5.41, 5.74) is 1.43. The molecule has 3 aromatic rings. The maximum Gasteiger partial charge on any atom is 0.360 e. The van der Waals surface area contributed by atoms with E-state index in [1.165, 1.54) is 6.20 Å². The number of benzene rings is 1. The Morgan fingerprint density at radius 1 is 1.12 bits per heavy atom. The Kier molecular flexibility index (Phi) is 2.15. The third kappa shape index (κ3) is 1.78. The van der Waals surface area contributed by atoms with E-state index >= 15 is 0 Å². The predicted molar refractivity (Wildman–Crippen MR) is 65.5 cm³/mol. The molecule has 0 aliphatic heterocycles. The Hall–Kier alpha value is -2.56. The molecule has 2 N–H and O–H groups in total. The van der Waals surface area contributed by atoms with Gasteiger partial charge in [-0.05, 0) is 24.3 Å². The average molecular weight is 226 g/mol. The second-order valence-electron chi connectivity index (χ2n) is 3.65. The normalized spacial score (nSPS) is 10.6. The van der Waals surface area contributed by atoms with Gasteiger partial charge in [0.25, 0.3) is 0 Å². The van der Waals surface area contributed by atoms with E-state index in [9.17, 15) is 4.79 Å². The molecule has 0 saturated heterocycles. The fraction of sp³-hybridized carbons (Fsp3) is 0. The molecule has 0 unspecified atom stereocenters. The van der Waals surface area contributed by atoms with Crippen molar-refractivity contribution in [2.24, 2.45) is 0 Å². The summed E-state index contributed by atoms with van der Waals surface area (Å²) in [5, 5.41) is 5.87. The molecule has 0 saturated carbocycles. The summed E-state index contributed by atoms with van der Waals surface area (Å²) < 4.78 is 1.67. The van der Waals surface area contributed by atoms with Crippen molar-refractivity contribution in [1.29, 1.82) is 0 Å². The molecule has 3 rings (SSSR count). The Morgan fingerprint density at radius 3 is 2.76 bits per heavy atom. The largest absolute Gasteiger partial charge is 0.360 e. The second-order valence-corrected chi connectivity index (χ2v) is 3.65. The van der Waals surface area contributed by atoms with Gasteiger partial charge in [-0.2, -0.15) is 4.98 Å². The topological polar surface area (TPSA) is 62.2 Å². The highest BCUT2D eigenvalue weighted by Crippen LogP contribution is 2.17. The lowest BCUT2D eigenvalue weighted by Gasteiger charge is -2.05. The number of hydrogen-bond donors (Lipinski definition) is 2. The fourth-order valence-corrected chi connectivity index (χ4v) is 1.69. The van der Waals surface area contributed by atoms with Crippen molar-refractivity contribution in [3.05, 3.63) is 59.1 Å². The monoisotopic (exact) mass is 226 g/mol. The van der Waals surface area contributed by atoms with Crippen LogP contribution >= 0.6 is 0 Å².